The lowest BCUT2D eigenvalue weighted by atomic mass is 10.1. The van der Waals surface area contributed by atoms with E-state index >= 15 is 0 Å². The third kappa shape index (κ3) is 4.83. The van der Waals surface area contributed by atoms with Gasteiger partial charge < -0.3 is 4.90 Å². The van der Waals surface area contributed by atoms with Gasteiger partial charge in [-0.3, -0.25) is 14.3 Å². The van der Waals surface area contributed by atoms with Gasteiger partial charge in [0.25, 0.3) is 0 Å². The molecule has 1 unspecified atom stereocenters. The average Bonchev–Trinajstić information content (AvgIpc) is 3.28. The Bertz CT molecular complexity index is 1210. The van der Waals surface area contributed by atoms with Crippen LogP contribution in [0.15, 0.2) is 84.3 Å². The SMILES string of the molecule is CCN(CC)C(=O)C(Sc1nnc(-c2ccncc2)n1-c1ccccc1C)c1ccccc1. The second kappa shape index (κ2) is 10.4. The summed E-state index contributed by atoms with van der Waals surface area (Å²) in [5, 5.41) is 9.33. The fourth-order valence-electron chi connectivity index (χ4n) is 3.76. The standard InChI is InChI=1S/C26H27N5OS/c1-4-30(5-2)25(32)23(20-12-7-6-8-13-20)33-26-29-28-24(21-15-17-27-18-16-21)31(26)22-14-10-9-11-19(22)3/h6-18,23H,4-5H2,1-3H3. The number of thioether (sulfide) groups is 1. The minimum Gasteiger partial charge on any atom is -0.342 e. The summed E-state index contributed by atoms with van der Waals surface area (Å²) >= 11 is 1.44. The highest BCUT2D eigenvalue weighted by molar-refractivity contribution is 8.00. The monoisotopic (exact) mass is 457 g/mol. The number of likely N-dealkylation sites (N-methyl/N-ethyl adjacent to an activating group) is 1. The molecule has 7 heteroatoms. The minimum atomic E-state index is -0.427. The number of carbonyl (C=O) groups is 1. The van der Waals surface area contributed by atoms with Gasteiger partial charge in [-0.05, 0) is 50.1 Å². The summed E-state index contributed by atoms with van der Waals surface area (Å²) in [5.41, 5.74) is 3.95. The number of para-hydroxylation sites is 1. The molecule has 2 aromatic heterocycles. The van der Waals surface area contributed by atoms with Crippen LogP contribution >= 0.6 is 11.8 Å². The van der Waals surface area contributed by atoms with Crippen LogP contribution in [0.5, 0.6) is 0 Å². The molecule has 0 saturated carbocycles. The fourth-order valence-corrected chi connectivity index (χ4v) is 4.89. The van der Waals surface area contributed by atoms with Gasteiger partial charge in [0.15, 0.2) is 11.0 Å². The predicted octanol–water partition coefficient (Wildman–Crippen LogP) is 5.34. The molecular weight excluding hydrogens is 430 g/mol. The van der Waals surface area contributed by atoms with Crippen molar-refractivity contribution in [3.8, 4) is 17.1 Å². The lowest BCUT2D eigenvalue weighted by Crippen LogP contribution is -2.34. The van der Waals surface area contributed by atoms with E-state index in [9.17, 15) is 4.79 Å². The van der Waals surface area contributed by atoms with Crippen molar-refractivity contribution in [1.29, 1.82) is 0 Å². The van der Waals surface area contributed by atoms with Gasteiger partial charge in [0.05, 0.1) is 5.69 Å². The lowest BCUT2D eigenvalue weighted by molar-refractivity contribution is -0.130. The Morgan fingerprint density at radius 3 is 2.27 bits per heavy atom. The first-order valence-corrected chi connectivity index (χ1v) is 11.9. The number of pyridine rings is 1. The first-order valence-electron chi connectivity index (χ1n) is 11.1. The van der Waals surface area contributed by atoms with Crippen molar-refractivity contribution in [2.45, 2.75) is 31.2 Å². The van der Waals surface area contributed by atoms with Crippen LogP contribution in [0.4, 0.5) is 0 Å². The second-order valence-electron chi connectivity index (χ2n) is 7.58. The van der Waals surface area contributed by atoms with E-state index in [2.05, 4.69) is 34.2 Å². The van der Waals surface area contributed by atoms with Crippen LogP contribution in [0.2, 0.25) is 0 Å². The number of rotatable bonds is 8. The van der Waals surface area contributed by atoms with Gasteiger partial charge in [-0.1, -0.05) is 60.3 Å². The Hall–Kier alpha value is -3.45. The Labute approximate surface area is 198 Å². The highest BCUT2D eigenvalue weighted by Gasteiger charge is 2.29. The summed E-state index contributed by atoms with van der Waals surface area (Å²) in [4.78, 5) is 19.5. The van der Waals surface area contributed by atoms with E-state index in [4.69, 9.17) is 0 Å². The Kier molecular flexibility index (Phi) is 7.19. The third-order valence-electron chi connectivity index (χ3n) is 5.55. The first-order chi connectivity index (χ1) is 16.1. The van der Waals surface area contributed by atoms with Crippen LogP contribution in [0.3, 0.4) is 0 Å². The molecule has 0 bridgehead atoms. The molecule has 0 aliphatic carbocycles. The third-order valence-corrected chi connectivity index (χ3v) is 6.74. The molecule has 4 aromatic rings. The van der Waals surface area contributed by atoms with E-state index < -0.39 is 5.25 Å². The smallest absolute Gasteiger partial charge is 0.240 e. The van der Waals surface area contributed by atoms with Crippen molar-refractivity contribution in [2.24, 2.45) is 0 Å². The van der Waals surface area contributed by atoms with Crippen molar-refractivity contribution in [1.82, 2.24) is 24.6 Å². The van der Waals surface area contributed by atoms with Gasteiger partial charge in [-0.15, -0.1) is 10.2 Å². The normalized spacial score (nSPS) is 11.8. The van der Waals surface area contributed by atoms with E-state index in [0.29, 0.717) is 18.2 Å². The molecule has 1 atom stereocenters. The lowest BCUT2D eigenvalue weighted by Gasteiger charge is -2.25. The van der Waals surface area contributed by atoms with Crippen molar-refractivity contribution in [2.75, 3.05) is 13.1 Å². The molecule has 2 aromatic carbocycles. The molecule has 0 aliphatic heterocycles. The number of aromatic nitrogens is 4. The van der Waals surface area contributed by atoms with E-state index in [1.807, 2.05) is 77.9 Å². The summed E-state index contributed by atoms with van der Waals surface area (Å²) in [6.45, 7) is 7.39. The van der Waals surface area contributed by atoms with Gasteiger partial charge in [-0.25, -0.2) is 0 Å². The molecular formula is C26H27N5OS. The Morgan fingerprint density at radius 1 is 0.939 bits per heavy atom. The Balaban J connectivity index is 1.84. The number of hydrogen-bond acceptors (Lipinski definition) is 5. The molecule has 1 amide bonds. The average molecular weight is 458 g/mol. The highest BCUT2D eigenvalue weighted by Crippen LogP contribution is 2.39. The summed E-state index contributed by atoms with van der Waals surface area (Å²) in [6, 6.07) is 21.9. The quantitative estimate of drug-likeness (QED) is 0.334. The highest BCUT2D eigenvalue weighted by atomic mass is 32.2. The largest absolute Gasteiger partial charge is 0.342 e. The van der Waals surface area contributed by atoms with Crippen molar-refractivity contribution in [3.05, 3.63) is 90.3 Å². The number of hydrogen-bond donors (Lipinski definition) is 0. The molecule has 168 valence electrons. The molecule has 0 saturated heterocycles. The van der Waals surface area contributed by atoms with E-state index in [1.165, 1.54) is 11.8 Å². The Morgan fingerprint density at radius 2 is 1.61 bits per heavy atom. The van der Waals surface area contributed by atoms with Crippen LogP contribution in [0.25, 0.3) is 17.1 Å². The molecule has 6 nitrogen and oxygen atoms in total. The molecule has 2 heterocycles. The van der Waals surface area contributed by atoms with Crippen LogP contribution in [0, 0.1) is 6.92 Å². The zero-order valence-electron chi connectivity index (χ0n) is 19.0. The van der Waals surface area contributed by atoms with Crippen molar-refractivity contribution >= 4 is 17.7 Å². The van der Waals surface area contributed by atoms with E-state index in [0.717, 1.165) is 28.2 Å². The second-order valence-corrected chi connectivity index (χ2v) is 8.66. The molecule has 33 heavy (non-hydrogen) atoms. The van der Waals surface area contributed by atoms with Crippen LogP contribution < -0.4 is 0 Å². The maximum atomic E-state index is 13.5. The maximum absolute atomic E-state index is 13.5. The van der Waals surface area contributed by atoms with Crippen LogP contribution in [0.1, 0.15) is 30.2 Å². The van der Waals surface area contributed by atoms with Crippen LogP contribution in [-0.2, 0) is 4.79 Å². The molecule has 4 rings (SSSR count). The number of benzene rings is 2. The molecule has 0 fully saturated rings. The number of carbonyl (C=O) groups excluding carboxylic acids is 1. The van der Waals surface area contributed by atoms with Gasteiger partial charge >= 0.3 is 0 Å². The summed E-state index contributed by atoms with van der Waals surface area (Å²) in [7, 11) is 0. The molecule has 0 spiro atoms. The minimum absolute atomic E-state index is 0.0704. The topological polar surface area (TPSA) is 63.9 Å². The summed E-state index contributed by atoms with van der Waals surface area (Å²) in [6.07, 6.45) is 3.49. The van der Waals surface area contributed by atoms with Gasteiger partial charge in [0.1, 0.15) is 5.25 Å². The molecule has 0 N–H and O–H groups in total. The zero-order valence-corrected chi connectivity index (χ0v) is 19.9. The maximum Gasteiger partial charge on any atom is 0.240 e. The first kappa shape index (κ1) is 22.7. The van der Waals surface area contributed by atoms with E-state index in [-0.39, 0.29) is 5.91 Å². The summed E-state index contributed by atoms with van der Waals surface area (Å²) in [5.74, 6) is 0.789. The zero-order chi connectivity index (χ0) is 23.2. The molecule has 0 aliphatic rings. The number of aryl methyl sites for hydroxylation is 1. The summed E-state index contributed by atoms with van der Waals surface area (Å²) < 4.78 is 2.04. The van der Waals surface area contributed by atoms with Gasteiger partial charge in [0, 0.05) is 31.0 Å². The fraction of sp³-hybridized carbons (Fsp3) is 0.231. The number of nitrogens with zero attached hydrogens (tertiary/aromatic N) is 5. The number of amides is 1. The van der Waals surface area contributed by atoms with Crippen molar-refractivity contribution < 1.29 is 4.79 Å². The van der Waals surface area contributed by atoms with Crippen molar-refractivity contribution in [3.63, 3.8) is 0 Å². The van der Waals surface area contributed by atoms with Crippen LogP contribution in [-0.4, -0.2) is 43.6 Å². The van der Waals surface area contributed by atoms with Gasteiger partial charge in [-0.2, -0.15) is 0 Å². The predicted molar refractivity (Wildman–Crippen MR) is 132 cm³/mol. The van der Waals surface area contributed by atoms with Gasteiger partial charge in [0.2, 0.25) is 5.91 Å². The van der Waals surface area contributed by atoms with E-state index in [1.54, 1.807) is 12.4 Å². The molecule has 0 radical (unpaired) electrons.